The molecule has 0 fully saturated rings. The molecule has 0 atom stereocenters. The summed E-state index contributed by atoms with van der Waals surface area (Å²) in [5.74, 6) is -1.93. The third-order valence-corrected chi connectivity index (χ3v) is 6.37. The maximum atomic E-state index is 14.7. The molecule has 0 saturated carbocycles. The fraction of sp³-hybridized carbons (Fsp3) is 0.321. The highest BCUT2D eigenvalue weighted by Crippen LogP contribution is 2.31. The van der Waals surface area contributed by atoms with Crippen molar-refractivity contribution in [3.63, 3.8) is 0 Å². The summed E-state index contributed by atoms with van der Waals surface area (Å²) in [6, 6.07) is 8.24. The van der Waals surface area contributed by atoms with Gasteiger partial charge >= 0.3 is 0 Å². The smallest absolute Gasteiger partial charge is 0.251 e. The van der Waals surface area contributed by atoms with Gasteiger partial charge in [-0.2, -0.15) is 4.39 Å². The van der Waals surface area contributed by atoms with Gasteiger partial charge in [-0.15, -0.1) is 0 Å². The van der Waals surface area contributed by atoms with Crippen LogP contribution >= 0.6 is 0 Å². The normalized spacial score (nSPS) is 11.1. The number of hydrogen-bond acceptors (Lipinski definition) is 6. The van der Waals surface area contributed by atoms with Gasteiger partial charge in [0.25, 0.3) is 5.91 Å². The predicted octanol–water partition coefficient (Wildman–Crippen LogP) is 5.37. The monoisotopic (exact) mass is 522 g/mol. The number of benzene rings is 2. The summed E-state index contributed by atoms with van der Waals surface area (Å²) < 4.78 is 35.5. The van der Waals surface area contributed by atoms with Gasteiger partial charge in [-0.1, -0.05) is 19.3 Å². The Labute approximate surface area is 220 Å². The van der Waals surface area contributed by atoms with Crippen LogP contribution in [-0.2, 0) is 0 Å². The first-order chi connectivity index (χ1) is 18.4. The molecule has 4 rings (SSSR count). The molecule has 0 spiro atoms. The van der Waals surface area contributed by atoms with Gasteiger partial charge in [0, 0.05) is 35.8 Å². The lowest BCUT2D eigenvalue weighted by atomic mass is 10.1. The van der Waals surface area contributed by atoms with E-state index in [-0.39, 0.29) is 17.2 Å². The fourth-order valence-corrected chi connectivity index (χ4v) is 4.32. The Morgan fingerprint density at radius 1 is 1.05 bits per heavy atom. The van der Waals surface area contributed by atoms with Gasteiger partial charge in [0.1, 0.15) is 0 Å². The molecule has 0 unspecified atom stereocenters. The molecule has 0 aliphatic carbocycles. The van der Waals surface area contributed by atoms with Crippen molar-refractivity contribution in [3.8, 4) is 17.0 Å². The van der Waals surface area contributed by atoms with E-state index in [1.54, 1.807) is 28.9 Å². The average molecular weight is 523 g/mol. The number of hydrogen-bond donors (Lipinski definition) is 3. The zero-order valence-electron chi connectivity index (χ0n) is 21.6. The number of unbranched alkanes of at least 4 members (excludes halogenated alkanes) is 4. The predicted molar refractivity (Wildman–Crippen MR) is 144 cm³/mol. The van der Waals surface area contributed by atoms with Gasteiger partial charge in [-0.05, 0) is 62.2 Å². The molecule has 2 aromatic heterocycles. The number of nitrogens with two attached hydrogens (primary N) is 1. The lowest BCUT2D eigenvalue weighted by Crippen LogP contribution is -2.25. The Morgan fingerprint density at radius 2 is 1.84 bits per heavy atom. The van der Waals surface area contributed by atoms with E-state index >= 15 is 0 Å². The van der Waals surface area contributed by atoms with Gasteiger partial charge in [0.05, 0.1) is 19.0 Å². The molecular weight excluding hydrogens is 490 g/mol. The molecule has 10 heteroatoms. The van der Waals surface area contributed by atoms with Gasteiger partial charge < -0.3 is 21.1 Å². The van der Waals surface area contributed by atoms with Crippen molar-refractivity contribution in [1.82, 2.24) is 19.7 Å². The number of ether oxygens (including phenoxy) is 1. The molecule has 38 heavy (non-hydrogen) atoms. The second-order valence-corrected chi connectivity index (χ2v) is 9.02. The standard InChI is InChI=1S/C28H32F2N6O2/c1-18-16-19(8-9-20(18)28(37)33-13-7-5-3-4-6-12-31)35-26-27-34-17-22(36(27)15-14-32-26)21-10-11-23(38-2)25(30)24(21)29/h8-11,14-17H,3-7,12-13,31H2,1-2H3,(H,32,35)(H,33,37). The van der Waals surface area contributed by atoms with E-state index in [0.717, 1.165) is 44.2 Å². The topological polar surface area (TPSA) is 107 Å². The maximum Gasteiger partial charge on any atom is 0.251 e. The number of halogens is 2. The van der Waals surface area contributed by atoms with Crippen LogP contribution in [0.3, 0.4) is 0 Å². The van der Waals surface area contributed by atoms with Crippen molar-refractivity contribution in [2.24, 2.45) is 5.73 Å². The first kappa shape index (κ1) is 27.0. The molecule has 2 heterocycles. The number of aromatic nitrogens is 3. The summed E-state index contributed by atoms with van der Waals surface area (Å²) in [6.07, 6.45) is 9.92. The summed E-state index contributed by atoms with van der Waals surface area (Å²) in [5.41, 5.74) is 8.49. The Balaban J connectivity index is 1.47. The quantitative estimate of drug-likeness (QED) is 0.216. The maximum absolute atomic E-state index is 14.7. The molecule has 8 nitrogen and oxygen atoms in total. The summed E-state index contributed by atoms with van der Waals surface area (Å²) in [7, 11) is 1.28. The molecule has 200 valence electrons. The minimum absolute atomic E-state index is 0.0507. The van der Waals surface area contributed by atoms with E-state index in [1.807, 2.05) is 13.0 Å². The number of carbonyl (C=O) groups excluding carboxylic acids is 1. The Hall–Kier alpha value is -4.05. The van der Waals surface area contributed by atoms with E-state index in [4.69, 9.17) is 10.5 Å². The highest BCUT2D eigenvalue weighted by Gasteiger charge is 2.19. The van der Waals surface area contributed by atoms with Crippen molar-refractivity contribution in [3.05, 3.63) is 71.7 Å². The summed E-state index contributed by atoms with van der Waals surface area (Å²) in [6.45, 7) is 3.23. The zero-order valence-corrected chi connectivity index (χ0v) is 21.6. The summed E-state index contributed by atoms with van der Waals surface area (Å²) in [4.78, 5) is 21.4. The molecule has 1 amide bonds. The van der Waals surface area contributed by atoms with Crippen LogP contribution in [0.4, 0.5) is 20.3 Å². The van der Waals surface area contributed by atoms with Crippen LogP contribution in [-0.4, -0.2) is 40.5 Å². The minimum Gasteiger partial charge on any atom is -0.494 e. The van der Waals surface area contributed by atoms with Crippen LogP contribution in [0.15, 0.2) is 48.9 Å². The third kappa shape index (κ3) is 5.91. The van der Waals surface area contributed by atoms with E-state index in [9.17, 15) is 13.6 Å². The number of carbonyl (C=O) groups is 1. The Bertz CT molecular complexity index is 1420. The second kappa shape index (κ2) is 12.5. The Kier molecular flexibility index (Phi) is 8.85. The van der Waals surface area contributed by atoms with E-state index in [2.05, 4.69) is 20.6 Å². The van der Waals surface area contributed by atoms with E-state index in [0.29, 0.717) is 35.0 Å². The first-order valence-electron chi connectivity index (χ1n) is 12.6. The number of imidazole rings is 1. The average Bonchev–Trinajstić information content (AvgIpc) is 3.34. The molecule has 2 aromatic carbocycles. The van der Waals surface area contributed by atoms with Gasteiger partial charge in [0.15, 0.2) is 23.0 Å². The van der Waals surface area contributed by atoms with Crippen LogP contribution in [0.2, 0.25) is 0 Å². The summed E-state index contributed by atoms with van der Waals surface area (Å²) in [5, 5.41) is 6.20. The number of fused-ring (bicyclic) bond motifs is 1. The largest absolute Gasteiger partial charge is 0.494 e. The number of anilines is 2. The van der Waals surface area contributed by atoms with Crippen LogP contribution in [0.25, 0.3) is 16.9 Å². The van der Waals surface area contributed by atoms with Crippen LogP contribution < -0.4 is 21.1 Å². The lowest BCUT2D eigenvalue weighted by molar-refractivity contribution is 0.0952. The van der Waals surface area contributed by atoms with Crippen LogP contribution in [0, 0.1) is 18.6 Å². The van der Waals surface area contributed by atoms with Gasteiger partial charge in [-0.3, -0.25) is 9.20 Å². The lowest BCUT2D eigenvalue weighted by Gasteiger charge is -2.12. The van der Waals surface area contributed by atoms with Crippen molar-refractivity contribution >= 4 is 23.1 Å². The first-order valence-corrected chi connectivity index (χ1v) is 12.6. The molecule has 0 radical (unpaired) electrons. The molecular formula is C28H32F2N6O2. The SMILES string of the molecule is COc1ccc(-c2cnc3c(Nc4ccc(C(=O)NCCCCCCCN)c(C)c4)nccn23)c(F)c1F. The number of amides is 1. The molecule has 0 aliphatic rings. The third-order valence-electron chi connectivity index (χ3n) is 6.37. The number of methoxy groups -OCH3 is 1. The van der Waals surface area contributed by atoms with Crippen LogP contribution in [0.1, 0.15) is 48.0 Å². The highest BCUT2D eigenvalue weighted by atomic mass is 19.2. The minimum atomic E-state index is -1.06. The van der Waals surface area contributed by atoms with Crippen molar-refractivity contribution < 1.29 is 18.3 Å². The van der Waals surface area contributed by atoms with Gasteiger partial charge in [0.2, 0.25) is 5.82 Å². The fourth-order valence-electron chi connectivity index (χ4n) is 4.32. The number of aryl methyl sites for hydroxylation is 1. The number of nitrogens with one attached hydrogen (secondary N) is 2. The van der Waals surface area contributed by atoms with E-state index in [1.165, 1.54) is 25.4 Å². The number of rotatable bonds is 12. The summed E-state index contributed by atoms with van der Waals surface area (Å²) >= 11 is 0. The number of nitrogens with zero attached hydrogens (tertiary/aromatic N) is 3. The molecule has 0 bridgehead atoms. The zero-order chi connectivity index (χ0) is 27.1. The van der Waals surface area contributed by atoms with Crippen molar-refractivity contribution in [2.45, 2.75) is 39.0 Å². The highest BCUT2D eigenvalue weighted by molar-refractivity contribution is 5.96. The van der Waals surface area contributed by atoms with E-state index < -0.39 is 11.6 Å². The Morgan fingerprint density at radius 3 is 2.61 bits per heavy atom. The van der Waals surface area contributed by atoms with Gasteiger partial charge in [-0.25, -0.2) is 14.4 Å². The molecule has 4 aromatic rings. The van der Waals surface area contributed by atoms with Crippen molar-refractivity contribution in [1.29, 1.82) is 0 Å². The molecule has 4 N–H and O–H groups in total. The van der Waals surface area contributed by atoms with Crippen molar-refractivity contribution in [2.75, 3.05) is 25.5 Å². The van der Waals surface area contributed by atoms with Crippen LogP contribution in [0.5, 0.6) is 5.75 Å². The second-order valence-electron chi connectivity index (χ2n) is 9.02. The molecule has 0 saturated heterocycles. The molecule has 0 aliphatic heterocycles.